The lowest BCUT2D eigenvalue weighted by atomic mass is 10.1. The molecule has 1 aromatic rings. The van der Waals surface area contributed by atoms with Gasteiger partial charge >= 0.3 is 0 Å². The molecule has 1 aromatic heterocycles. The normalized spacial score (nSPS) is 11.0. The van der Waals surface area contributed by atoms with E-state index in [2.05, 4.69) is 11.9 Å². The first-order valence-corrected chi connectivity index (χ1v) is 7.97. The lowest BCUT2D eigenvalue weighted by Crippen LogP contribution is -2.01. The van der Waals surface area contributed by atoms with Crippen LogP contribution in [-0.4, -0.2) is 16.2 Å². The summed E-state index contributed by atoms with van der Waals surface area (Å²) in [7, 11) is 0. The number of hydrogen-bond donors (Lipinski definition) is 0. The van der Waals surface area contributed by atoms with Crippen LogP contribution in [0.3, 0.4) is 0 Å². The summed E-state index contributed by atoms with van der Waals surface area (Å²) in [4.78, 5) is 3.98. The number of unbranched alkanes of at least 4 members (excludes halogenated alkanes) is 9. The predicted molar refractivity (Wildman–Crippen MR) is 80.0 cm³/mol. The van der Waals surface area contributed by atoms with E-state index in [0.717, 1.165) is 6.61 Å². The average Bonchev–Trinajstić information content (AvgIpc) is 2.93. The van der Waals surface area contributed by atoms with Gasteiger partial charge in [-0.1, -0.05) is 64.7 Å². The van der Waals surface area contributed by atoms with Crippen LogP contribution in [0, 0.1) is 0 Å². The molecule has 0 radical (unpaired) electrons. The minimum Gasteiger partial charge on any atom is -0.361 e. The maximum Gasteiger partial charge on any atom is 0.123 e. The Morgan fingerprint density at radius 2 is 1.53 bits per heavy atom. The molecule has 0 aliphatic heterocycles. The van der Waals surface area contributed by atoms with Crippen molar-refractivity contribution in [2.45, 2.75) is 77.9 Å². The van der Waals surface area contributed by atoms with Gasteiger partial charge in [0, 0.05) is 19.0 Å². The van der Waals surface area contributed by atoms with Crippen molar-refractivity contribution < 1.29 is 4.74 Å². The Balaban J connectivity index is 1.72. The van der Waals surface area contributed by atoms with E-state index in [1.807, 2.05) is 10.8 Å². The van der Waals surface area contributed by atoms with Gasteiger partial charge in [-0.05, 0) is 6.42 Å². The molecule has 19 heavy (non-hydrogen) atoms. The molecule has 0 aliphatic rings. The highest BCUT2D eigenvalue weighted by atomic mass is 16.5. The molecule has 1 rings (SSSR count). The summed E-state index contributed by atoms with van der Waals surface area (Å²) >= 11 is 0. The molecule has 0 bridgehead atoms. The van der Waals surface area contributed by atoms with E-state index in [-0.39, 0.29) is 0 Å². The summed E-state index contributed by atoms with van der Waals surface area (Å²) in [6.45, 7) is 3.78. The van der Waals surface area contributed by atoms with Crippen molar-refractivity contribution in [1.29, 1.82) is 0 Å². The van der Waals surface area contributed by atoms with E-state index in [9.17, 15) is 0 Å². The second kappa shape index (κ2) is 12.2. The number of ether oxygens (including phenoxy) is 1. The van der Waals surface area contributed by atoms with E-state index in [4.69, 9.17) is 4.74 Å². The maximum absolute atomic E-state index is 5.57. The lowest BCUT2D eigenvalue weighted by molar-refractivity contribution is 0.0738. The Bertz CT molecular complexity index is 272. The molecule has 0 saturated carbocycles. The Kier molecular flexibility index (Phi) is 10.4. The van der Waals surface area contributed by atoms with Gasteiger partial charge in [0.15, 0.2) is 0 Å². The number of imidazole rings is 1. The SMILES string of the molecule is CCCCCCCCCCCCOCn1ccnc1. The predicted octanol–water partition coefficient (Wildman–Crippen LogP) is 4.78. The molecule has 0 spiro atoms. The molecule has 1 heterocycles. The monoisotopic (exact) mass is 266 g/mol. The first-order valence-electron chi connectivity index (χ1n) is 7.97. The van der Waals surface area contributed by atoms with Gasteiger partial charge in [0.1, 0.15) is 6.73 Å². The van der Waals surface area contributed by atoms with Gasteiger partial charge in [-0.3, -0.25) is 0 Å². The molecule has 0 aliphatic carbocycles. The molecule has 0 aromatic carbocycles. The molecule has 0 atom stereocenters. The van der Waals surface area contributed by atoms with Crippen molar-refractivity contribution in [3.05, 3.63) is 18.7 Å². The smallest absolute Gasteiger partial charge is 0.123 e. The van der Waals surface area contributed by atoms with Gasteiger partial charge in [-0.2, -0.15) is 0 Å². The van der Waals surface area contributed by atoms with Gasteiger partial charge in [0.25, 0.3) is 0 Å². The average molecular weight is 266 g/mol. The summed E-state index contributed by atoms with van der Waals surface area (Å²) in [5.74, 6) is 0. The van der Waals surface area contributed by atoms with Crippen LogP contribution in [0.15, 0.2) is 18.7 Å². The summed E-state index contributed by atoms with van der Waals surface area (Å²) < 4.78 is 7.53. The van der Waals surface area contributed by atoms with E-state index in [0.29, 0.717) is 6.73 Å². The fraction of sp³-hybridized carbons (Fsp3) is 0.812. The van der Waals surface area contributed by atoms with Gasteiger partial charge in [-0.25, -0.2) is 4.98 Å². The third kappa shape index (κ3) is 9.71. The largest absolute Gasteiger partial charge is 0.361 e. The van der Waals surface area contributed by atoms with Gasteiger partial charge in [0.05, 0.1) is 6.33 Å². The van der Waals surface area contributed by atoms with Crippen molar-refractivity contribution in [1.82, 2.24) is 9.55 Å². The fourth-order valence-corrected chi connectivity index (χ4v) is 2.22. The van der Waals surface area contributed by atoms with E-state index in [1.165, 1.54) is 64.2 Å². The van der Waals surface area contributed by atoms with E-state index in [1.54, 1.807) is 12.5 Å². The van der Waals surface area contributed by atoms with Crippen LogP contribution in [0.1, 0.15) is 71.1 Å². The zero-order valence-corrected chi connectivity index (χ0v) is 12.5. The highest BCUT2D eigenvalue weighted by Crippen LogP contribution is 2.10. The molecule has 0 amide bonds. The maximum atomic E-state index is 5.57. The van der Waals surface area contributed by atoms with E-state index < -0.39 is 0 Å². The van der Waals surface area contributed by atoms with Crippen LogP contribution in [0.5, 0.6) is 0 Å². The lowest BCUT2D eigenvalue weighted by Gasteiger charge is -2.05. The molecular formula is C16H30N2O. The van der Waals surface area contributed by atoms with Gasteiger partial charge < -0.3 is 9.30 Å². The third-order valence-corrected chi connectivity index (χ3v) is 3.44. The molecule has 0 unspecified atom stereocenters. The van der Waals surface area contributed by atoms with Crippen LogP contribution < -0.4 is 0 Å². The second-order valence-corrected chi connectivity index (χ2v) is 5.30. The highest BCUT2D eigenvalue weighted by Gasteiger charge is 1.93. The number of nitrogens with zero attached hydrogens (tertiary/aromatic N) is 2. The Labute approximate surface area is 118 Å². The second-order valence-electron chi connectivity index (χ2n) is 5.30. The Morgan fingerprint density at radius 3 is 2.11 bits per heavy atom. The first kappa shape index (κ1) is 16.2. The van der Waals surface area contributed by atoms with Crippen LogP contribution >= 0.6 is 0 Å². The summed E-state index contributed by atoms with van der Waals surface area (Å²) in [6.07, 6.45) is 19.2. The van der Waals surface area contributed by atoms with Crippen molar-refractivity contribution in [2.24, 2.45) is 0 Å². The molecule has 3 nitrogen and oxygen atoms in total. The topological polar surface area (TPSA) is 27.1 Å². The quantitative estimate of drug-likeness (QED) is 0.480. The minimum atomic E-state index is 0.636. The van der Waals surface area contributed by atoms with Gasteiger partial charge in [0.2, 0.25) is 0 Å². The fourth-order valence-electron chi connectivity index (χ4n) is 2.22. The Morgan fingerprint density at radius 1 is 0.895 bits per heavy atom. The first-order chi connectivity index (χ1) is 9.43. The molecular weight excluding hydrogens is 236 g/mol. The molecule has 110 valence electrons. The van der Waals surface area contributed by atoms with Crippen molar-refractivity contribution in [3.8, 4) is 0 Å². The minimum absolute atomic E-state index is 0.636. The van der Waals surface area contributed by atoms with Crippen LogP contribution in [0.4, 0.5) is 0 Å². The Hall–Kier alpha value is -0.830. The molecule has 0 fully saturated rings. The third-order valence-electron chi connectivity index (χ3n) is 3.44. The van der Waals surface area contributed by atoms with Crippen LogP contribution in [-0.2, 0) is 11.5 Å². The van der Waals surface area contributed by atoms with Crippen molar-refractivity contribution in [3.63, 3.8) is 0 Å². The van der Waals surface area contributed by atoms with Crippen LogP contribution in [0.2, 0.25) is 0 Å². The summed E-state index contributed by atoms with van der Waals surface area (Å²) in [6, 6.07) is 0. The summed E-state index contributed by atoms with van der Waals surface area (Å²) in [5, 5.41) is 0. The molecule has 3 heteroatoms. The van der Waals surface area contributed by atoms with Gasteiger partial charge in [-0.15, -0.1) is 0 Å². The molecule has 0 saturated heterocycles. The van der Waals surface area contributed by atoms with E-state index >= 15 is 0 Å². The number of aromatic nitrogens is 2. The highest BCUT2D eigenvalue weighted by molar-refractivity contribution is 4.71. The summed E-state index contributed by atoms with van der Waals surface area (Å²) in [5.41, 5.74) is 0. The van der Waals surface area contributed by atoms with Crippen molar-refractivity contribution >= 4 is 0 Å². The zero-order chi connectivity index (χ0) is 13.6. The number of rotatable bonds is 13. The standard InChI is InChI=1S/C16H30N2O/c1-2-3-4-5-6-7-8-9-10-11-14-19-16-18-13-12-17-15-18/h12-13,15H,2-11,14,16H2,1H3. The number of hydrogen-bond acceptors (Lipinski definition) is 2. The molecule has 0 N–H and O–H groups in total. The van der Waals surface area contributed by atoms with Crippen LogP contribution in [0.25, 0.3) is 0 Å². The van der Waals surface area contributed by atoms with Crippen molar-refractivity contribution in [2.75, 3.05) is 6.61 Å². The zero-order valence-electron chi connectivity index (χ0n) is 12.5.